The van der Waals surface area contributed by atoms with E-state index >= 15 is 0 Å². The van der Waals surface area contributed by atoms with Gasteiger partial charge in [-0.15, -0.1) is 0 Å². The minimum absolute atomic E-state index is 0.0503. The molecular formula is C9H7ClFNO4. The van der Waals surface area contributed by atoms with Crippen LogP contribution in [0.25, 0.3) is 0 Å². The number of rotatable bonds is 3. The largest absolute Gasteiger partial charge is 0.462 e. The third kappa shape index (κ3) is 2.27. The summed E-state index contributed by atoms with van der Waals surface area (Å²) >= 11 is 5.44. The van der Waals surface area contributed by atoms with Crippen molar-refractivity contribution < 1.29 is 18.8 Å². The number of hydrogen-bond donors (Lipinski definition) is 0. The predicted octanol–water partition coefficient (Wildman–Crippen LogP) is 2.56. The number of nitro groups is 1. The maximum Gasteiger partial charge on any atom is 0.341 e. The van der Waals surface area contributed by atoms with Crippen molar-refractivity contribution in [2.45, 2.75) is 6.92 Å². The van der Waals surface area contributed by atoms with Crippen LogP contribution in [0.2, 0.25) is 5.02 Å². The van der Waals surface area contributed by atoms with Crippen LogP contribution < -0.4 is 0 Å². The van der Waals surface area contributed by atoms with Gasteiger partial charge in [-0.2, -0.15) is 4.39 Å². The first-order chi connectivity index (χ1) is 7.49. The molecule has 0 saturated heterocycles. The van der Waals surface area contributed by atoms with Crippen LogP contribution >= 0.6 is 11.6 Å². The SMILES string of the molecule is CCOC(=O)c1ccc(Cl)c([N+](=O)[O-])c1F. The van der Waals surface area contributed by atoms with Crippen molar-refractivity contribution in [1.29, 1.82) is 0 Å². The molecule has 1 aromatic carbocycles. The summed E-state index contributed by atoms with van der Waals surface area (Å²) in [6, 6.07) is 2.12. The van der Waals surface area contributed by atoms with E-state index in [9.17, 15) is 19.3 Å². The molecule has 0 unspecified atom stereocenters. The summed E-state index contributed by atoms with van der Waals surface area (Å²) in [7, 11) is 0. The lowest BCUT2D eigenvalue weighted by Gasteiger charge is -2.04. The van der Waals surface area contributed by atoms with Crippen LogP contribution in [0.1, 0.15) is 17.3 Å². The summed E-state index contributed by atoms with van der Waals surface area (Å²) in [4.78, 5) is 20.7. The highest BCUT2D eigenvalue weighted by Crippen LogP contribution is 2.29. The molecule has 1 aromatic rings. The molecule has 86 valence electrons. The Bertz CT molecular complexity index is 449. The number of carbonyl (C=O) groups is 1. The minimum Gasteiger partial charge on any atom is -0.462 e. The van der Waals surface area contributed by atoms with Gasteiger partial charge in [-0.25, -0.2) is 4.79 Å². The Kier molecular flexibility index (Phi) is 3.78. The minimum atomic E-state index is -1.28. The van der Waals surface area contributed by atoms with Crippen LogP contribution in [0.15, 0.2) is 12.1 Å². The Morgan fingerprint density at radius 3 is 2.75 bits per heavy atom. The van der Waals surface area contributed by atoms with E-state index in [-0.39, 0.29) is 11.6 Å². The monoisotopic (exact) mass is 247 g/mol. The van der Waals surface area contributed by atoms with E-state index in [1.165, 1.54) is 0 Å². The van der Waals surface area contributed by atoms with Gasteiger partial charge >= 0.3 is 11.7 Å². The maximum absolute atomic E-state index is 13.5. The second-order valence-electron chi connectivity index (χ2n) is 2.74. The van der Waals surface area contributed by atoms with Crippen molar-refractivity contribution in [3.63, 3.8) is 0 Å². The molecule has 1 rings (SSSR count). The van der Waals surface area contributed by atoms with Crippen LogP contribution in [0.3, 0.4) is 0 Å². The van der Waals surface area contributed by atoms with Crippen LogP contribution in [0.4, 0.5) is 10.1 Å². The predicted molar refractivity (Wildman–Crippen MR) is 54.0 cm³/mol. The van der Waals surface area contributed by atoms with Gasteiger partial charge in [-0.1, -0.05) is 11.6 Å². The smallest absolute Gasteiger partial charge is 0.341 e. The van der Waals surface area contributed by atoms with E-state index in [1.54, 1.807) is 6.92 Å². The summed E-state index contributed by atoms with van der Waals surface area (Å²) in [5.74, 6) is -2.24. The number of halogens is 2. The summed E-state index contributed by atoms with van der Waals surface area (Å²) in [5, 5.41) is 10.1. The average Bonchev–Trinajstić information content (AvgIpc) is 2.17. The van der Waals surface area contributed by atoms with Gasteiger partial charge in [-0.3, -0.25) is 10.1 Å². The first-order valence-corrected chi connectivity index (χ1v) is 4.66. The number of benzene rings is 1. The van der Waals surface area contributed by atoms with Crippen molar-refractivity contribution in [2.24, 2.45) is 0 Å². The molecule has 0 fully saturated rings. The molecule has 0 N–H and O–H groups in total. The first-order valence-electron chi connectivity index (χ1n) is 4.28. The zero-order valence-electron chi connectivity index (χ0n) is 8.20. The number of esters is 1. The van der Waals surface area contributed by atoms with Crippen LogP contribution in [0, 0.1) is 15.9 Å². The number of nitro benzene ring substituents is 1. The molecule has 0 aliphatic heterocycles. The number of carbonyl (C=O) groups excluding carboxylic acids is 1. The molecule has 0 aliphatic rings. The van der Waals surface area contributed by atoms with Gasteiger partial charge in [0.05, 0.1) is 11.5 Å². The Morgan fingerprint density at radius 2 is 2.25 bits per heavy atom. The Balaban J connectivity index is 3.29. The van der Waals surface area contributed by atoms with E-state index in [0.717, 1.165) is 12.1 Å². The number of ether oxygens (including phenoxy) is 1. The molecule has 0 aliphatic carbocycles. The summed E-state index contributed by atoms with van der Waals surface area (Å²) < 4.78 is 18.1. The highest BCUT2D eigenvalue weighted by molar-refractivity contribution is 6.32. The van der Waals surface area contributed by atoms with Gasteiger partial charge in [0, 0.05) is 0 Å². The van der Waals surface area contributed by atoms with Gasteiger partial charge in [0.2, 0.25) is 5.82 Å². The van der Waals surface area contributed by atoms with Crippen LogP contribution in [-0.4, -0.2) is 17.5 Å². The fourth-order valence-electron chi connectivity index (χ4n) is 1.07. The Morgan fingerprint density at radius 1 is 1.62 bits per heavy atom. The lowest BCUT2D eigenvalue weighted by atomic mass is 10.2. The molecule has 0 heterocycles. The Labute approximate surface area is 94.9 Å². The molecular weight excluding hydrogens is 241 g/mol. The quantitative estimate of drug-likeness (QED) is 0.468. The molecule has 0 atom stereocenters. The van der Waals surface area contributed by atoms with E-state index in [0.29, 0.717) is 0 Å². The van der Waals surface area contributed by atoms with Crippen LogP contribution in [-0.2, 0) is 4.74 Å². The summed E-state index contributed by atoms with van der Waals surface area (Å²) in [6.07, 6.45) is 0. The standard InChI is InChI=1S/C9H7ClFNO4/c1-2-16-9(13)5-3-4-6(10)8(7(5)11)12(14)15/h3-4H,2H2,1H3. The number of hydrogen-bond acceptors (Lipinski definition) is 4. The van der Waals surface area contributed by atoms with E-state index < -0.39 is 28.0 Å². The van der Waals surface area contributed by atoms with Crippen molar-refractivity contribution in [3.05, 3.63) is 38.7 Å². The second-order valence-corrected chi connectivity index (χ2v) is 3.14. The molecule has 0 aromatic heterocycles. The fourth-order valence-corrected chi connectivity index (χ4v) is 1.29. The molecule has 7 heteroatoms. The summed E-state index contributed by atoms with van der Waals surface area (Å²) in [6.45, 7) is 1.59. The highest BCUT2D eigenvalue weighted by Gasteiger charge is 2.26. The van der Waals surface area contributed by atoms with Crippen molar-refractivity contribution >= 4 is 23.3 Å². The first kappa shape index (κ1) is 12.4. The Hall–Kier alpha value is -1.69. The van der Waals surface area contributed by atoms with E-state index in [2.05, 4.69) is 4.74 Å². The van der Waals surface area contributed by atoms with Gasteiger partial charge in [0.25, 0.3) is 0 Å². The third-order valence-electron chi connectivity index (χ3n) is 1.74. The van der Waals surface area contributed by atoms with E-state index in [1.807, 2.05) is 0 Å². The van der Waals surface area contributed by atoms with Crippen molar-refractivity contribution in [2.75, 3.05) is 6.61 Å². The lowest BCUT2D eigenvalue weighted by Crippen LogP contribution is -2.09. The number of nitrogens with zero attached hydrogens (tertiary/aromatic N) is 1. The average molecular weight is 248 g/mol. The van der Waals surface area contributed by atoms with Gasteiger partial charge in [0.1, 0.15) is 10.6 Å². The third-order valence-corrected chi connectivity index (χ3v) is 2.05. The zero-order chi connectivity index (χ0) is 12.3. The maximum atomic E-state index is 13.5. The second kappa shape index (κ2) is 4.89. The lowest BCUT2D eigenvalue weighted by molar-refractivity contribution is -0.387. The van der Waals surface area contributed by atoms with Gasteiger partial charge in [-0.05, 0) is 19.1 Å². The molecule has 0 amide bonds. The van der Waals surface area contributed by atoms with Crippen molar-refractivity contribution in [3.8, 4) is 0 Å². The molecule has 0 radical (unpaired) electrons. The zero-order valence-corrected chi connectivity index (χ0v) is 8.95. The van der Waals surface area contributed by atoms with E-state index in [4.69, 9.17) is 11.6 Å². The molecule has 0 spiro atoms. The normalized spacial score (nSPS) is 9.94. The topological polar surface area (TPSA) is 69.4 Å². The fraction of sp³-hybridized carbons (Fsp3) is 0.222. The molecule has 16 heavy (non-hydrogen) atoms. The van der Waals surface area contributed by atoms with Crippen LogP contribution in [0.5, 0.6) is 0 Å². The van der Waals surface area contributed by atoms with Gasteiger partial charge < -0.3 is 4.74 Å². The molecule has 0 saturated carbocycles. The molecule has 0 bridgehead atoms. The van der Waals surface area contributed by atoms with Gasteiger partial charge in [0.15, 0.2) is 0 Å². The van der Waals surface area contributed by atoms with Crippen molar-refractivity contribution in [1.82, 2.24) is 0 Å². The molecule has 5 nitrogen and oxygen atoms in total. The highest BCUT2D eigenvalue weighted by atomic mass is 35.5. The summed E-state index contributed by atoms with van der Waals surface area (Å²) in [5.41, 5.74) is -1.43.